The van der Waals surface area contributed by atoms with Crippen molar-refractivity contribution in [1.29, 1.82) is 5.26 Å². The molecule has 0 atom stereocenters. The van der Waals surface area contributed by atoms with Crippen LogP contribution >= 0.6 is 11.6 Å². The van der Waals surface area contributed by atoms with E-state index in [-0.39, 0.29) is 5.88 Å². The minimum atomic E-state index is 0.241. The molecule has 4 nitrogen and oxygen atoms in total. The number of ether oxygens (including phenoxy) is 2. The molecular formula is C14H11ClN2O2. The van der Waals surface area contributed by atoms with Crippen LogP contribution in [0.1, 0.15) is 11.1 Å². The monoisotopic (exact) mass is 274 g/mol. The van der Waals surface area contributed by atoms with Crippen LogP contribution in [-0.4, -0.2) is 12.1 Å². The smallest absolute Gasteiger partial charge is 0.233 e. The molecule has 5 heteroatoms. The van der Waals surface area contributed by atoms with E-state index in [2.05, 4.69) is 4.98 Å². The number of halogens is 1. The van der Waals surface area contributed by atoms with Crippen LogP contribution in [-0.2, 0) is 6.61 Å². The molecule has 1 aromatic carbocycles. The summed E-state index contributed by atoms with van der Waals surface area (Å²) in [5, 5.41) is 9.24. The Hall–Kier alpha value is -2.25. The van der Waals surface area contributed by atoms with Gasteiger partial charge in [0.25, 0.3) is 0 Å². The van der Waals surface area contributed by atoms with Crippen molar-refractivity contribution >= 4 is 11.6 Å². The Labute approximate surface area is 116 Å². The lowest BCUT2D eigenvalue weighted by Gasteiger charge is -2.07. The van der Waals surface area contributed by atoms with Crippen molar-refractivity contribution in [1.82, 2.24) is 4.98 Å². The van der Waals surface area contributed by atoms with E-state index in [0.29, 0.717) is 17.3 Å². The first kappa shape index (κ1) is 13.2. The number of rotatable bonds is 4. The molecule has 0 bridgehead atoms. The first-order chi connectivity index (χ1) is 9.22. The van der Waals surface area contributed by atoms with E-state index in [0.717, 1.165) is 11.3 Å². The highest BCUT2D eigenvalue weighted by atomic mass is 35.5. The van der Waals surface area contributed by atoms with Crippen LogP contribution < -0.4 is 9.47 Å². The maximum Gasteiger partial charge on any atom is 0.233 e. The molecule has 1 heterocycles. The van der Waals surface area contributed by atoms with Crippen molar-refractivity contribution in [2.45, 2.75) is 6.61 Å². The maximum absolute atomic E-state index is 8.95. The lowest BCUT2D eigenvalue weighted by atomic mass is 10.2. The van der Waals surface area contributed by atoms with Crippen molar-refractivity contribution < 1.29 is 9.47 Å². The molecule has 96 valence electrons. The van der Waals surface area contributed by atoms with Crippen LogP contribution in [0.5, 0.6) is 11.6 Å². The van der Waals surface area contributed by atoms with Gasteiger partial charge in [0.15, 0.2) is 0 Å². The van der Waals surface area contributed by atoms with Gasteiger partial charge in [-0.15, -0.1) is 0 Å². The molecular weight excluding hydrogens is 264 g/mol. The summed E-state index contributed by atoms with van der Waals surface area (Å²) in [6, 6.07) is 12.6. The van der Waals surface area contributed by atoms with Gasteiger partial charge in [0.05, 0.1) is 7.11 Å². The zero-order valence-electron chi connectivity index (χ0n) is 10.3. The summed E-state index contributed by atoms with van der Waals surface area (Å²) in [7, 11) is 1.61. The fraction of sp³-hybridized carbons (Fsp3) is 0.143. The maximum atomic E-state index is 8.95. The molecule has 0 aliphatic carbocycles. The molecule has 0 radical (unpaired) electrons. The van der Waals surface area contributed by atoms with Crippen molar-refractivity contribution in [2.75, 3.05) is 7.11 Å². The van der Waals surface area contributed by atoms with E-state index in [1.807, 2.05) is 30.3 Å². The van der Waals surface area contributed by atoms with Gasteiger partial charge in [-0.05, 0) is 29.8 Å². The fourth-order valence-corrected chi connectivity index (χ4v) is 1.63. The summed E-state index contributed by atoms with van der Waals surface area (Å²) in [6.07, 6.45) is 0. The van der Waals surface area contributed by atoms with Gasteiger partial charge in [-0.2, -0.15) is 5.26 Å². The van der Waals surface area contributed by atoms with Gasteiger partial charge in [0, 0.05) is 0 Å². The quantitative estimate of drug-likeness (QED) is 0.804. The molecule has 0 unspecified atom stereocenters. The highest BCUT2D eigenvalue weighted by Crippen LogP contribution is 2.19. The molecule has 2 rings (SSSR count). The third-order valence-corrected chi connectivity index (χ3v) is 2.69. The van der Waals surface area contributed by atoms with E-state index in [1.165, 1.54) is 0 Å². The number of nitrogens with zero attached hydrogens (tertiary/aromatic N) is 2. The van der Waals surface area contributed by atoms with Gasteiger partial charge >= 0.3 is 0 Å². The molecule has 0 N–H and O–H groups in total. The molecule has 0 aliphatic rings. The number of hydrogen-bond donors (Lipinski definition) is 0. The minimum absolute atomic E-state index is 0.241. The van der Waals surface area contributed by atoms with E-state index in [9.17, 15) is 0 Å². The SMILES string of the molecule is COc1ccc(COc2nc(Cl)ccc2C#N)cc1. The van der Waals surface area contributed by atoms with E-state index in [1.54, 1.807) is 19.2 Å². The van der Waals surface area contributed by atoms with Crippen molar-refractivity contribution in [3.63, 3.8) is 0 Å². The third kappa shape index (κ3) is 3.36. The number of hydrogen-bond acceptors (Lipinski definition) is 4. The van der Waals surface area contributed by atoms with Gasteiger partial charge in [-0.1, -0.05) is 23.7 Å². The Kier molecular flexibility index (Phi) is 4.22. The molecule has 1 aromatic heterocycles. The second-order valence-electron chi connectivity index (χ2n) is 3.74. The normalized spacial score (nSPS) is 9.74. The Morgan fingerprint density at radius 3 is 2.58 bits per heavy atom. The summed E-state index contributed by atoms with van der Waals surface area (Å²) in [4.78, 5) is 3.99. The number of methoxy groups -OCH3 is 1. The first-order valence-corrected chi connectivity index (χ1v) is 5.93. The van der Waals surface area contributed by atoms with Crippen molar-refractivity contribution in [3.05, 3.63) is 52.7 Å². The van der Waals surface area contributed by atoms with Crippen LogP contribution in [0.3, 0.4) is 0 Å². The first-order valence-electron chi connectivity index (χ1n) is 5.55. The molecule has 19 heavy (non-hydrogen) atoms. The molecule has 0 saturated carbocycles. The van der Waals surface area contributed by atoms with E-state index in [4.69, 9.17) is 26.3 Å². The Balaban J connectivity index is 2.09. The average molecular weight is 275 g/mol. The summed E-state index contributed by atoms with van der Waals surface area (Å²) in [5.74, 6) is 1.02. The Bertz CT molecular complexity index is 606. The summed E-state index contributed by atoms with van der Waals surface area (Å²) < 4.78 is 10.6. The van der Waals surface area contributed by atoms with Crippen molar-refractivity contribution in [3.8, 4) is 17.7 Å². The average Bonchev–Trinajstić information content (AvgIpc) is 2.46. The topological polar surface area (TPSA) is 55.1 Å². The lowest BCUT2D eigenvalue weighted by molar-refractivity contribution is 0.293. The standard InChI is InChI=1S/C14H11ClN2O2/c1-18-12-5-2-10(3-6-12)9-19-14-11(8-16)4-7-13(15)17-14/h2-7H,9H2,1H3. The second-order valence-corrected chi connectivity index (χ2v) is 4.12. The van der Waals surface area contributed by atoms with Gasteiger partial charge in [0.1, 0.15) is 29.1 Å². The minimum Gasteiger partial charge on any atom is -0.497 e. The summed E-state index contributed by atoms with van der Waals surface area (Å²) in [6.45, 7) is 0.312. The van der Waals surface area contributed by atoms with Crippen LogP contribution in [0.15, 0.2) is 36.4 Å². The number of aromatic nitrogens is 1. The summed E-state index contributed by atoms with van der Waals surface area (Å²) >= 11 is 5.78. The van der Waals surface area contributed by atoms with Crippen LogP contribution in [0.25, 0.3) is 0 Å². The van der Waals surface area contributed by atoms with Crippen LogP contribution in [0.4, 0.5) is 0 Å². The highest BCUT2D eigenvalue weighted by Gasteiger charge is 2.06. The molecule has 0 amide bonds. The molecule has 0 spiro atoms. The van der Waals surface area contributed by atoms with E-state index < -0.39 is 0 Å². The fourth-order valence-electron chi connectivity index (χ4n) is 1.49. The predicted molar refractivity (Wildman–Crippen MR) is 71.3 cm³/mol. The molecule has 0 saturated heterocycles. The number of pyridine rings is 1. The third-order valence-electron chi connectivity index (χ3n) is 2.48. The highest BCUT2D eigenvalue weighted by molar-refractivity contribution is 6.29. The van der Waals surface area contributed by atoms with Gasteiger partial charge < -0.3 is 9.47 Å². The van der Waals surface area contributed by atoms with E-state index >= 15 is 0 Å². The van der Waals surface area contributed by atoms with Gasteiger partial charge in [-0.3, -0.25) is 0 Å². The zero-order chi connectivity index (χ0) is 13.7. The summed E-state index contributed by atoms with van der Waals surface area (Å²) in [5.41, 5.74) is 1.31. The largest absolute Gasteiger partial charge is 0.497 e. The van der Waals surface area contributed by atoms with Gasteiger partial charge in [-0.25, -0.2) is 4.98 Å². The Morgan fingerprint density at radius 1 is 1.21 bits per heavy atom. The lowest BCUT2D eigenvalue weighted by Crippen LogP contribution is -1.99. The molecule has 2 aromatic rings. The molecule has 0 aliphatic heterocycles. The number of nitriles is 1. The second kappa shape index (κ2) is 6.07. The molecule has 0 fully saturated rings. The van der Waals surface area contributed by atoms with Crippen LogP contribution in [0, 0.1) is 11.3 Å². The van der Waals surface area contributed by atoms with Gasteiger partial charge in [0.2, 0.25) is 5.88 Å². The van der Waals surface area contributed by atoms with Crippen molar-refractivity contribution in [2.24, 2.45) is 0 Å². The number of benzene rings is 1. The predicted octanol–water partition coefficient (Wildman–Crippen LogP) is 3.19. The van der Waals surface area contributed by atoms with Crippen LogP contribution in [0.2, 0.25) is 5.15 Å². The zero-order valence-corrected chi connectivity index (χ0v) is 11.0. The Morgan fingerprint density at radius 2 is 1.95 bits per heavy atom.